The second kappa shape index (κ2) is 5.75. The largest absolute Gasteiger partial charge is 0.329 e. The summed E-state index contributed by atoms with van der Waals surface area (Å²) in [5.41, 5.74) is 6.48. The van der Waals surface area contributed by atoms with Crippen molar-refractivity contribution < 1.29 is 9.59 Å². The maximum Gasteiger partial charge on any atom is 0.243 e. The third kappa shape index (κ3) is 2.94. The molecule has 2 rings (SSSR count). The standard InChI is InChI=1S/C13H17N3O2/c14-6-7-16-12(17)9-15(10-13(16)18)8-11-4-2-1-3-5-11/h1-5H,6-10,14H2. The summed E-state index contributed by atoms with van der Waals surface area (Å²) in [5, 5.41) is 0. The van der Waals surface area contributed by atoms with Gasteiger partial charge >= 0.3 is 0 Å². The lowest BCUT2D eigenvalue weighted by atomic mass is 10.2. The zero-order valence-electron chi connectivity index (χ0n) is 10.2. The number of nitrogens with zero attached hydrogens (tertiary/aromatic N) is 2. The predicted octanol–water partition coefficient (Wildman–Crippen LogP) is -0.184. The fourth-order valence-corrected chi connectivity index (χ4v) is 2.08. The molecule has 0 aliphatic carbocycles. The van der Waals surface area contributed by atoms with Crippen LogP contribution in [0.5, 0.6) is 0 Å². The average Bonchev–Trinajstić information content (AvgIpc) is 2.35. The number of hydrogen-bond donors (Lipinski definition) is 1. The minimum absolute atomic E-state index is 0.160. The molecular weight excluding hydrogens is 230 g/mol. The highest BCUT2D eigenvalue weighted by molar-refractivity contribution is 5.99. The van der Waals surface area contributed by atoms with E-state index in [0.717, 1.165) is 5.56 Å². The zero-order valence-corrected chi connectivity index (χ0v) is 10.2. The van der Waals surface area contributed by atoms with E-state index in [9.17, 15) is 9.59 Å². The summed E-state index contributed by atoms with van der Waals surface area (Å²) in [6.07, 6.45) is 0. The number of hydrogen-bond acceptors (Lipinski definition) is 4. The number of piperazine rings is 1. The number of amides is 2. The van der Waals surface area contributed by atoms with Gasteiger partial charge in [0.2, 0.25) is 11.8 Å². The van der Waals surface area contributed by atoms with Crippen LogP contribution in [0.3, 0.4) is 0 Å². The van der Waals surface area contributed by atoms with Crippen molar-refractivity contribution in [3.63, 3.8) is 0 Å². The molecule has 0 bridgehead atoms. The topological polar surface area (TPSA) is 66.6 Å². The van der Waals surface area contributed by atoms with E-state index >= 15 is 0 Å². The molecule has 1 aliphatic heterocycles. The number of nitrogens with two attached hydrogens (primary N) is 1. The molecule has 5 nitrogen and oxygen atoms in total. The number of carbonyl (C=O) groups is 2. The van der Waals surface area contributed by atoms with Gasteiger partial charge in [0.1, 0.15) is 0 Å². The molecule has 1 aromatic carbocycles. The molecule has 0 aromatic heterocycles. The zero-order chi connectivity index (χ0) is 13.0. The first-order chi connectivity index (χ1) is 8.70. The van der Waals surface area contributed by atoms with E-state index in [1.54, 1.807) is 0 Å². The predicted molar refractivity (Wildman–Crippen MR) is 67.5 cm³/mol. The highest BCUT2D eigenvalue weighted by Crippen LogP contribution is 2.09. The van der Waals surface area contributed by atoms with Gasteiger partial charge in [0, 0.05) is 19.6 Å². The van der Waals surface area contributed by atoms with Gasteiger partial charge in [-0.1, -0.05) is 30.3 Å². The van der Waals surface area contributed by atoms with E-state index in [-0.39, 0.29) is 24.9 Å². The van der Waals surface area contributed by atoms with Gasteiger partial charge < -0.3 is 5.73 Å². The van der Waals surface area contributed by atoms with Crippen LogP contribution in [0.1, 0.15) is 5.56 Å². The Bertz CT molecular complexity index is 415. The molecule has 0 spiro atoms. The normalized spacial score (nSPS) is 17.3. The van der Waals surface area contributed by atoms with E-state index in [1.165, 1.54) is 4.90 Å². The third-order valence-corrected chi connectivity index (χ3v) is 2.92. The van der Waals surface area contributed by atoms with Crippen molar-refractivity contribution in [1.29, 1.82) is 0 Å². The van der Waals surface area contributed by atoms with Crippen LogP contribution >= 0.6 is 0 Å². The summed E-state index contributed by atoms with van der Waals surface area (Å²) in [5.74, 6) is -0.319. The van der Waals surface area contributed by atoms with Gasteiger partial charge in [0.05, 0.1) is 13.1 Å². The van der Waals surface area contributed by atoms with E-state index in [2.05, 4.69) is 0 Å². The molecule has 96 valence electrons. The van der Waals surface area contributed by atoms with E-state index in [0.29, 0.717) is 19.6 Å². The summed E-state index contributed by atoms with van der Waals surface area (Å²) < 4.78 is 0. The van der Waals surface area contributed by atoms with E-state index in [1.807, 2.05) is 35.2 Å². The van der Waals surface area contributed by atoms with Crippen LogP contribution in [0.25, 0.3) is 0 Å². The molecule has 18 heavy (non-hydrogen) atoms. The summed E-state index contributed by atoms with van der Waals surface area (Å²) in [6.45, 7) is 1.81. The highest BCUT2D eigenvalue weighted by atomic mass is 16.2. The summed E-state index contributed by atoms with van der Waals surface area (Å²) >= 11 is 0. The van der Waals surface area contributed by atoms with Crippen LogP contribution in [0.15, 0.2) is 30.3 Å². The van der Waals surface area contributed by atoms with Crippen LogP contribution in [-0.2, 0) is 16.1 Å². The SMILES string of the molecule is NCCN1C(=O)CN(Cc2ccccc2)CC1=O. The Balaban J connectivity index is 1.98. The van der Waals surface area contributed by atoms with E-state index in [4.69, 9.17) is 5.73 Å². The summed E-state index contributed by atoms with van der Waals surface area (Å²) in [7, 11) is 0. The van der Waals surface area contributed by atoms with Gasteiger partial charge in [0.15, 0.2) is 0 Å². The third-order valence-electron chi connectivity index (χ3n) is 2.92. The van der Waals surface area contributed by atoms with Crippen LogP contribution < -0.4 is 5.73 Å². The molecular formula is C13H17N3O2. The average molecular weight is 247 g/mol. The smallest absolute Gasteiger partial charge is 0.243 e. The van der Waals surface area contributed by atoms with Crippen LogP contribution in [0.4, 0.5) is 0 Å². The van der Waals surface area contributed by atoms with Gasteiger partial charge in [-0.25, -0.2) is 0 Å². The van der Waals surface area contributed by atoms with Crippen molar-refractivity contribution in [3.05, 3.63) is 35.9 Å². The molecule has 2 amide bonds. The van der Waals surface area contributed by atoms with Gasteiger partial charge in [-0.15, -0.1) is 0 Å². The maximum atomic E-state index is 11.8. The Kier molecular flexibility index (Phi) is 4.07. The van der Waals surface area contributed by atoms with Crippen molar-refractivity contribution in [3.8, 4) is 0 Å². The first-order valence-corrected chi connectivity index (χ1v) is 6.00. The number of rotatable bonds is 4. The second-order valence-electron chi connectivity index (χ2n) is 4.36. The molecule has 0 radical (unpaired) electrons. The van der Waals surface area contributed by atoms with Crippen LogP contribution in [0, 0.1) is 0 Å². The molecule has 0 saturated carbocycles. The fraction of sp³-hybridized carbons (Fsp3) is 0.385. The number of carbonyl (C=O) groups excluding carboxylic acids is 2. The van der Waals surface area contributed by atoms with Gasteiger partial charge in [-0.3, -0.25) is 19.4 Å². The van der Waals surface area contributed by atoms with Gasteiger partial charge in [-0.05, 0) is 5.56 Å². The minimum atomic E-state index is -0.160. The Morgan fingerprint density at radius 1 is 1.06 bits per heavy atom. The highest BCUT2D eigenvalue weighted by Gasteiger charge is 2.30. The number of imide groups is 1. The lowest BCUT2D eigenvalue weighted by molar-refractivity contribution is -0.151. The van der Waals surface area contributed by atoms with Crippen LogP contribution in [0.2, 0.25) is 0 Å². The first-order valence-electron chi connectivity index (χ1n) is 6.00. The molecule has 2 N–H and O–H groups in total. The first kappa shape index (κ1) is 12.7. The molecule has 1 aliphatic rings. The maximum absolute atomic E-state index is 11.8. The fourth-order valence-electron chi connectivity index (χ4n) is 2.08. The monoisotopic (exact) mass is 247 g/mol. The summed E-state index contributed by atoms with van der Waals surface area (Å²) in [4.78, 5) is 26.7. The van der Waals surface area contributed by atoms with E-state index < -0.39 is 0 Å². The molecule has 1 fully saturated rings. The van der Waals surface area contributed by atoms with Crippen molar-refractivity contribution in [2.24, 2.45) is 5.73 Å². The van der Waals surface area contributed by atoms with Crippen molar-refractivity contribution in [2.75, 3.05) is 26.2 Å². The van der Waals surface area contributed by atoms with Crippen molar-refractivity contribution in [2.45, 2.75) is 6.54 Å². The minimum Gasteiger partial charge on any atom is -0.329 e. The van der Waals surface area contributed by atoms with Gasteiger partial charge in [0.25, 0.3) is 0 Å². The Labute approximate surface area is 106 Å². The van der Waals surface area contributed by atoms with Crippen LogP contribution in [-0.4, -0.2) is 47.8 Å². The van der Waals surface area contributed by atoms with Crippen molar-refractivity contribution >= 4 is 11.8 Å². The quantitative estimate of drug-likeness (QED) is 0.749. The lowest BCUT2D eigenvalue weighted by Gasteiger charge is -2.32. The summed E-state index contributed by atoms with van der Waals surface area (Å²) in [6, 6.07) is 9.81. The molecule has 0 atom stereocenters. The molecule has 5 heteroatoms. The van der Waals surface area contributed by atoms with Gasteiger partial charge in [-0.2, -0.15) is 0 Å². The lowest BCUT2D eigenvalue weighted by Crippen LogP contribution is -2.54. The second-order valence-corrected chi connectivity index (χ2v) is 4.36. The Hall–Kier alpha value is -1.72. The van der Waals surface area contributed by atoms with Crippen molar-refractivity contribution in [1.82, 2.24) is 9.80 Å². The molecule has 1 saturated heterocycles. The molecule has 1 heterocycles. The Morgan fingerprint density at radius 2 is 1.67 bits per heavy atom. The Morgan fingerprint density at radius 3 is 2.22 bits per heavy atom. The molecule has 0 unspecified atom stereocenters. The number of benzene rings is 1. The molecule has 1 aromatic rings.